The summed E-state index contributed by atoms with van der Waals surface area (Å²) < 4.78 is 0. The van der Waals surface area contributed by atoms with Gasteiger partial charge in [-0.15, -0.1) is 0 Å². The van der Waals surface area contributed by atoms with Crippen molar-refractivity contribution in [3.8, 4) is 0 Å². The van der Waals surface area contributed by atoms with Crippen molar-refractivity contribution in [3.63, 3.8) is 0 Å². The molecule has 2 aliphatic rings. The van der Waals surface area contributed by atoms with Gasteiger partial charge in [0.05, 0.1) is 6.10 Å². The van der Waals surface area contributed by atoms with Crippen molar-refractivity contribution in [2.24, 2.45) is 5.92 Å². The van der Waals surface area contributed by atoms with Gasteiger partial charge in [-0.1, -0.05) is 0 Å². The van der Waals surface area contributed by atoms with Gasteiger partial charge in [0, 0.05) is 24.6 Å². The number of rotatable bonds is 1. The van der Waals surface area contributed by atoms with Crippen LogP contribution in [0, 0.1) is 5.92 Å². The van der Waals surface area contributed by atoms with E-state index < -0.39 is 0 Å². The predicted molar refractivity (Wildman–Crippen MR) is 45.8 cm³/mol. The second kappa shape index (κ2) is 2.98. The lowest BCUT2D eigenvalue weighted by Crippen LogP contribution is -2.50. The molecule has 2 fully saturated rings. The molecule has 0 saturated carbocycles. The molecule has 0 aromatic heterocycles. The van der Waals surface area contributed by atoms with Crippen LogP contribution in [0.5, 0.6) is 0 Å². The van der Waals surface area contributed by atoms with Gasteiger partial charge in [-0.25, -0.2) is 0 Å². The number of hydrogen-bond acceptors (Lipinski definition) is 3. The minimum absolute atomic E-state index is 0.0914. The summed E-state index contributed by atoms with van der Waals surface area (Å²) in [6.45, 7) is 0.128. The van der Waals surface area contributed by atoms with Crippen molar-refractivity contribution in [2.75, 3.05) is 13.7 Å². The van der Waals surface area contributed by atoms with E-state index in [1.165, 1.54) is 6.42 Å². The fourth-order valence-electron chi connectivity index (χ4n) is 2.79. The number of aliphatic hydroxyl groups is 2. The molecule has 3 heteroatoms. The Morgan fingerprint density at radius 3 is 2.83 bits per heavy atom. The van der Waals surface area contributed by atoms with Crippen LogP contribution in [-0.2, 0) is 0 Å². The fraction of sp³-hybridized carbons (Fsp3) is 1.00. The molecule has 0 amide bonds. The van der Waals surface area contributed by atoms with E-state index in [1.807, 2.05) is 0 Å². The third-order valence-corrected chi connectivity index (χ3v) is 3.61. The number of aliphatic hydroxyl groups excluding tert-OH is 2. The molecule has 0 aromatic rings. The van der Waals surface area contributed by atoms with Crippen LogP contribution in [0.2, 0.25) is 0 Å². The number of piperidine rings is 1. The molecule has 2 N–H and O–H groups in total. The molecule has 3 nitrogen and oxygen atoms in total. The molecule has 2 heterocycles. The Kier molecular flexibility index (Phi) is 2.10. The van der Waals surface area contributed by atoms with Gasteiger partial charge in [-0.05, 0) is 26.3 Å². The maximum atomic E-state index is 9.68. The van der Waals surface area contributed by atoms with Crippen LogP contribution in [0.15, 0.2) is 0 Å². The first-order valence-electron chi connectivity index (χ1n) is 4.75. The van der Waals surface area contributed by atoms with E-state index >= 15 is 0 Å². The van der Waals surface area contributed by atoms with Gasteiger partial charge in [0.2, 0.25) is 0 Å². The summed E-state index contributed by atoms with van der Waals surface area (Å²) in [5.74, 6) is 0.0914. The monoisotopic (exact) mass is 171 g/mol. The Morgan fingerprint density at radius 1 is 1.42 bits per heavy atom. The first kappa shape index (κ1) is 8.48. The summed E-state index contributed by atoms with van der Waals surface area (Å²) >= 11 is 0. The summed E-state index contributed by atoms with van der Waals surface area (Å²) in [5.41, 5.74) is 0. The maximum Gasteiger partial charge on any atom is 0.0620 e. The molecule has 2 rings (SSSR count). The van der Waals surface area contributed by atoms with Gasteiger partial charge in [0.1, 0.15) is 0 Å². The average Bonchev–Trinajstić information content (AvgIpc) is 2.34. The topological polar surface area (TPSA) is 43.7 Å². The lowest BCUT2D eigenvalue weighted by atomic mass is 9.88. The van der Waals surface area contributed by atoms with Gasteiger partial charge >= 0.3 is 0 Å². The number of hydrogen-bond donors (Lipinski definition) is 2. The van der Waals surface area contributed by atoms with E-state index in [-0.39, 0.29) is 18.6 Å². The van der Waals surface area contributed by atoms with E-state index in [4.69, 9.17) is 5.11 Å². The Balaban J connectivity index is 2.14. The van der Waals surface area contributed by atoms with Crippen LogP contribution in [0.3, 0.4) is 0 Å². The lowest BCUT2D eigenvalue weighted by molar-refractivity contribution is -0.0300. The summed E-state index contributed by atoms with van der Waals surface area (Å²) in [6.07, 6.45) is 2.90. The second-order valence-electron chi connectivity index (χ2n) is 4.11. The fourth-order valence-corrected chi connectivity index (χ4v) is 2.79. The molecule has 2 aliphatic heterocycles. The highest BCUT2D eigenvalue weighted by molar-refractivity contribution is 4.98. The largest absolute Gasteiger partial charge is 0.396 e. The summed E-state index contributed by atoms with van der Waals surface area (Å²) in [6, 6.07) is 0.983. The summed E-state index contributed by atoms with van der Waals surface area (Å²) in [5, 5.41) is 18.8. The summed E-state index contributed by atoms with van der Waals surface area (Å²) in [4.78, 5) is 2.33. The molecule has 70 valence electrons. The van der Waals surface area contributed by atoms with Crippen molar-refractivity contribution < 1.29 is 10.2 Å². The van der Waals surface area contributed by atoms with Gasteiger partial charge in [-0.2, -0.15) is 0 Å². The van der Waals surface area contributed by atoms with E-state index in [2.05, 4.69) is 11.9 Å². The molecular weight excluding hydrogens is 154 g/mol. The minimum Gasteiger partial charge on any atom is -0.396 e. The highest BCUT2D eigenvalue weighted by Gasteiger charge is 2.44. The second-order valence-corrected chi connectivity index (χ2v) is 4.11. The van der Waals surface area contributed by atoms with Gasteiger partial charge in [-0.3, -0.25) is 4.90 Å². The molecule has 2 saturated heterocycles. The molecular formula is C9H17NO2. The van der Waals surface area contributed by atoms with Crippen LogP contribution >= 0.6 is 0 Å². The van der Waals surface area contributed by atoms with Crippen molar-refractivity contribution in [1.82, 2.24) is 4.90 Å². The van der Waals surface area contributed by atoms with Gasteiger partial charge < -0.3 is 10.2 Å². The first-order valence-corrected chi connectivity index (χ1v) is 4.75. The molecule has 0 spiro atoms. The zero-order valence-corrected chi connectivity index (χ0v) is 7.48. The Labute approximate surface area is 73.0 Å². The van der Waals surface area contributed by atoms with E-state index in [1.54, 1.807) is 0 Å². The Bertz CT molecular complexity index is 174. The highest BCUT2D eigenvalue weighted by atomic mass is 16.3. The van der Waals surface area contributed by atoms with Crippen LogP contribution in [-0.4, -0.2) is 47.0 Å². The zero-order valence-electron chi connectivity index (χ0n) is 7.48. The highest BCUT2D eigenvalue weighted by Crippen LogP contribution is 2.37. The minimum atomic E-state index is -0.274. The smallest absolute Gasteiger partial charge is 0.0620 e. The molecule has 2 bridgehead atoms. The van der Waals surface area contributed by atoms with Crippen molar-refractivity contribution in [2.45, 2.75) is 37.5 Å². The van der Waals surface area contributed by atoms with Crippen LogP contribution < -0.4 is 0 Å². The van der Waals surface area contributed by atoms with Crippen LogP contribution in [0.4, 0.5) is 0 Å². The standard InChI is InChI=1S/C9H17NO2/c1-10-6-2-3-8(10)7(5-11)9(12)4-6/h6-9,11-12H,2-5H2,1H3. The molecule has 4 atom stereocenters. The van der Waals surface area contributed by atoms with Crippen LogP contribution in [0.1, 0.15) is 19.3 Å². The van der Waals surface area contributed by atoms with Gasteiger partial charge in [0.15, 0.2) is 0 Å². The number of nitrogens with zero attached hydrogens (tertiary/aromatic N) is 1. The van der Waals surface area contributed by atoms with E-state index in [9.17, 15) is 5.11 Å². The molecule has 4 unspecified atom stereocenters. The third-order valence-electron chi connectivity index (χ3n) is 3.61. The van der Waals surface area contributed by atoms with E-state index in [0.717, 1.165) is 12.8 Å². The maximum absolute atomic E-state index is 9.68. The molecule has 0 aromatic carbocycles. The van der Waals surface area contributed by atoms with Gasteiger partial charge in [0.25, 0.3) is 0 Å². The average molecular weight is 171 g/mol. The molecule has 0 aliphatic carbocycles. The van der Waals surface area contributed by atoms with Crippen molar-refractivity contribution in [1.29, 1.82) is 0 Å². The normalized spacial score (nSPS) is 48.2. The quantitative estimate of drug-likeness (QED) is 0.575. The van der Waals surface area contributed by atoms with Crippen molar-refractivity contribution >= 4 is 0 Å². The molecule has 12 heavy (non-hydrogen) atoms. The third kappa shape index (κ3) is 1.08. The van der Waals surface area contributed by atoms with E-state index in [0.29, 0.717) is 12.1 Å². The van der Waals surface area contributed by atoms with Crippen molar-refractivity contribution in [3.05, 3.63) is 0 Å². The predicted octanol–water partition coefficient (Wildman–Crippen LogP) is -0.178. The lowest BCUT2D eigenvalue weighted by Gasteiger charge is -2.39. The first-order chi connectivity index (χ1) is 5.74. The molecule has 0 radical (unpaired) electrons. The zero-order chi connectivity index (χ0) is 8.72. The Hall–Kier alpha value is -0.120. The van der Waals surface area contributed by atoms with Crippen LogP contribution in [0.25, 0.3) is 0 Å². The Morgan fingerprint density at radius 2 is 2.17 bits per heavy atom. The summed E-state index contributed by atoms with van der Waals surface area (Å²) in [7, 11) is 2.11. The number of fused-ring (bicyclic) bond motifs is 2. The SMILES string of the molecule is CN1C2CCC1C(CO)C(O)C2.